The third-order valence-corrected chi connectivity index (χ3v) is 7.01. The number of halogens is 1. The van der Waals surface area contributed by atoms with Crippen molar-refractivity contribution in [1.29, 1.82) is 0 Å². The predicted octanol–water partition coefficient (Wildman–Crippen LogP) is 5.26. The molecular weight excluding hydrogens is 523 g/mol. The minimum Gasteiger partial charge on any atom is -0.368 e. The van der Waals surface area contributed by atoms with Crippen molar-refractivity contribution < 1.29 is 0 Å². The summed E-state index contributed by atoms with van der Waals surface area (Å²) in [6.07, 6.45) is 0. The number of hydrogen-bond acceptors (Lipinski definition) is 6. The normalized spacial score (nSPS) is 14.0. The van der Waals surface area contributed by atoms with Gasteiger partial charge in [-0.15, -0.1) is 0 Å². The highest BCUT2D eigenvalue weighted by Gasteiger charge is 2.22. The van der Waals surface area contributed by atoms with Crippen LogP contribution in [0.1, 0.15) is 30.5 Å². The van der Waals surface area contributed by atoms with Crippen LogP contribution in [-0.2, 0) is 4.43 Å². The van der Waals surface area contributed by atoms with Gasteiger partial charge in [-0.1, -0.05) is 51.9 Å². The molecule has 0 atom stereocenters. The molecular formula is C26H33IN6. The average Bonchev–Trinajstić information content (AvgIpc) is 2.84. The predicted molar refractivity (Wildman–Crippen MR) is 147 cm³/mol. The number of anilines is 3. The molecule has 33 heavy (non-hydrogen) atoms. The number of piperazine rings is 1. The summed E-state index contributed by atoms with van der Waals surface area (Å²) < 4.78 is 1.03. The number of aromatic nitrogens is 3. The number of hydrogen-bond donors (Lipinski definition) is 0. The van der Waals surface area contributed by atoms with Crippen LogP contribution in [-0.4, -0.2) is 54.2 Å². The van der Waals surface area contributed by atoms with Crippen LogP contribution in [0, 0.1) is 13.8 Å². The summed E-state index contributed by atoms with van der Waals surface area (Å²) in [5, 5.41) is 0. The van der Waals surface area contributed by atoms with Gasteiger partial charge in [-0.3, -0.25) is 0 Å². The van der Waals surface area contributed by atoms with Crippen LogP contribution in [0.4, 0.5) is 17.6 Å². The second kappa shape index (κ2) is 10.7. The maximum absolute atomic E-state index is 4.94. The van der Waals surface area contributed by atoms with Gasteiger partial charge < -0.3 is 14.7 Å². The molecule has 1 aliphatic heterocycles. The molecule has 2 aromatic carbocycles. The lowest BCUT2D eigenvalue weighted by Gasteiger charge is -2.36. The fourth-order valence-corrected chi connectivity index (χ4v) is 4.85. The van der Waals surface area contributed by atoms with Crippen molar-refractivity contribution >= 4 is 40.2 Å². The molecule has 0 aliphatic carbocycles. The number of alkyl halides is 1. The lowest BCUT2D eigenvalue weighted by Crippen LogP contribution is -2.47. The molecule has 1 aromatic heterocycles. The summed E-state index contributed by atoms with van der Waals surface area (Å²) in [6.45, 7) is 14.0. The number of nitrogens with zero attached hydrogens (tertiary/aromatic N) is 6. The fourth-order valence-electron chi connectivity index (χ4n) is 4.38. The van der Waals surface area contributed by atoms with Crippen LogP contribution in [0.5, 0.6) is 0 Å². The Kier molecular flexibility index (Phi) is 7.67. The minimum absolute atomic E-state index is 0.755. The molecule has 6 nitrogen and oxygen atoms in total. The summed E-state index contributed by atoms with van der Waals surface area (Å²) in [5.74, 6) is 2.30. The van der Waals surface area contributed by atoms with Crippen LogP contribution in [0.3, 0.4) is 0 Å². The Morgan fingerprint density at radius 3 is 2.15 bits per heavy atom. The van der Waals surface area contributed by atoms with E-state index >= 15 is 0 Å². The second-order valence-corrected chi connectivity index (χ2v) is 9.35. The monoisotopic (exact) mass is 556 g/mol. The van der Waals surface area contributed by atoms with Gasteiger partial charge in [-0.2, -0.15) is 15.0 Å². The van der Waals surface area contributed by atoms with Gasteiger partial charge >= 0.3 is 0 Å². The number of aryl methyl sites for hydroxylation is 2. The van der Waals surface area contributed by atoms with E-state index in [0.717, 1.165) is 67.0 Å². The minimum atomic E-state index is 0.755. The highest BCUT2D eigenvalue weighted by Crippen LogP contribution is 2.25. The van der Waals surface area contributed by atoms with Crippen molar-refractivity contribution in [2.75, 3.05) is 54.0 Å². The molecule has 1 fully saturated rings. The second-order valence-electron chi connectivity index (χ2n) is 8.59. The van der Waals surface area contributed by atoms with Gasteiger partial charge in [0.05, 0.1) is 0 Å². The van der Waals surface area contributed by atoms with E-state index < -0.39 is 0 Å². The van der Waals surface area contributed by atoms with Crippen molar-refractivity contribution in [1.82, 2.24) is 15.0 Å². The molecule has 0 unspecified atom stereocenters. The summed E-state index contributed by atoms with van der Waals surface area (Å²) in [6, 6.07) is 15.4. The molecule has 1 saturated heterocycles. The van der Waals surface area contributed by atoms with Crippen molar-refractivity contribution in [3.63, 3.8) is 0 Å². The largest absolute Gasteiger partial charge is 0.368 e. The van der Waals surface area contributed by atoms with E-state index in [0.29, 0.717) is 0 Å². The van der Waals surface area contributed by atoms with Crippen LogP contribution >= 0.6 is 22.6 Å². The van der Waals surface area contributed by atoms with Crippen LogP contribution in [0.2, 0.25) is 0 Å². The van der Waals surface area contributed by atoms with Crippen LogP contribution in [0.25, 0.3) is 11.4 Å². The molecule has 0 bridgehead atoms. The molecule has 0 amide bonds. The third kappa shape index (κ3) is 5.57. The Bertz CT molecular complexity index is 1070. The van der Waals surface area contributed by atoms with Gasteiger partial charge in [0, 0.05) is 54.9 Å². The lowest BCUT2D eigenvalue weighted by molar-refractivity contribution is 0.637. The van der Waals surface area contributed by atoms with Gasteiger partial charge in [0.2, 0.25) is 11.9 Å². The Labute approximate surface area is 211 Å². The maximum atomic E-state index is 4.94. The van der Waals surface area contributed by atoms with Gasteiger partial charge in [0.25, 0.3) is 0 Å². The Hall–Kier alpha value is -2.42. The zero-order valence-electron chi connectivity index (χ0n) is 20.1. The van der Waals surface area contributed by atoms with Crippen molar-refractivity contribution in [2.45, 2.75) is 32.1 Å². The van der Waals surface area contributed by atoms with E-state index in [1.165, 1.54) is 22.4 Å². The molecule has 4 rings (SSSR count). The Morgan fingerprint density at radius 2 is 1.52 bits per heavy atom. The molecule has 0 saturated carbocycles. The zero-order valence-corrected chi connectivity index (χ0v) is 22.2. The molecule has 0 N–H and O–H groups in total. The van der Waals surface area contributed by atoms with Crippen molar-refractivity contribution in [3.8, 4) is 11.4 Å². The van der Waals surface area contributed by atoms with Crippen LogP contribution in [0.15, 0.2) is 42.5 Å². The smallest absolute Gasteiger partial charge is 0.230 e. The van der Waals surface area contributed by atoms with Crippen LogP contribution < -0.4 is 14.7 Å². The van der Waals surface area contributed by atoms with E-state index in [4.69, 9.17) is 15.0 Å². The van der Waals surface area contributed by atoms with E-state index in [1.54, 1.807) is 0 Å². The van der Waals surface area contributed by atoms with Gasteiger partial charge in [-0.25, -0.2) is 0 Å². The quantitative estimate of drug-likeness (QED) is 0.292. The number of rotatable bonds is 7. The topological polar surface area (TPSA) is 48.4 Å². The van der Waals surface area contributed by atoms with Crippen molar-refractivity contribution in [3.05, 3.63) is 59.2 Å². The highest BCUT2D eigenvalue weighted by atomic mass is 127. The summed E-state index contributed by atoms with van der Waals surface area (Å²) in [7, 11) is 0. The van der Waals surface area contributed by atoms with Gasteiger partial charge in [-0.05, 0) is 57.5 Å². The molecule has 0 spiro atoms. The average molecular weight is 556 g/mol. The first-order valence-electron chi connectivity index (χ1n) is 11.7. The standard InChI is InChI=1S/C26H33IN6/c1-5-31(6-2)25-28-24(22-15-19(3)14-20(4)16-22)29-26(30-25)33-12-10-32(11-13-33)23-9-7-8-21(17-23)18-27/h7-9,14-17H,5-6,10-13,18H2,1-4H3. The summed E-state index contributed by atoms with van der Waals surface area (Å²) >= 11 is 2.42. The molecule has 2 heterocycles. The first kappa shape index (κ1) is 23.7. The highest BCUT2D eigenvalue weighted by molar-refractivity contribution is 14.1. The van der Waals surface area contributed by atoms with E-state index in [9.17, 15) is 0 Å². The van der Waals surface area contributed by atoms with E-state index in [1.807, 2.05) is 0 Å². The van der Waals surface area contributed by atoms with Gasteiger partial charge in [0.15, 0.2) is 5.82 Å². The maximum Gasteiger partial charge on any atom is 0.230 e. The fraction of sp³-hybridized carbons (Fsp3) is 0.423. The SMILES string of the molecule is CCN(CC)c1nc(-c2cc(C)cc(C)c2)nc(N2CCN(c3cccc(CI)c3)CC2)n1. The van der Waals surface area contributed by atoms with Gasteiger partial charge in [0.1, 0.15) is 0 Å². The van der Waals surface area contributed by atoms with Crippen molar-refractivity contribution in [2.24, 2.45) is 0 Å². The molecule has 1 aliphatic rings. The lowest BCUT2D eigenvalue weighted by atomic mass is 10.1. The number of benzene rings is 2. The first-order chi connectivity index (χ1) is 16.0. The van der Waals surface area contributed by atoms with E-state index in [-0.39, 0.29) is 0 Å². The summed E-state index contributed by atoms with van der Waals surface area (Å²) in [4.78, 5) is 21.7. The first-order valence-corrected chi connectivity index (χ1v) is 13.3. The zero-order chi connectivity index (χ0) is 23.4. The third-order valence-electron chi connectivity index (χ3n) is 6.13. The Balaban J connectivity index is 1.62. The van der Waals surface area contributed by atoms with E-state index in [2.05, 4.69) is 107 Å². The Morgan fingerprint density at radius 1 is 0.848 bits per heavy atom. The molecule has 3 aromatic rings. The summed E-state index contributed by atoms with van der Waals surface area (Å²) in [5.41, 5.74) is 6.17. The molecule has 0 radical (unpaired) electrons. The molecule has 7 heteroatoms. The molecule has 174 valence electrons.